The Balaban J connectivity index is 0.000000240. The van der Waals surface area contributed by atoms with Crippen molar-refractivity contribution in [2.45, 2.75) is 6.61 Å². The van der Waals surface area contributed by atoms with Crippen LogP contribution in [-0.2, 0) is 6.61 Å². The average Bonchev–Trinajstić information content (AvgIpc) is 2.54. The van der Waals surface area contributed by atoms with Crippen molar-refractivity contribution >= 4 is 52.7 Å². The topological polar surface area (TPSA) is 55.8 Å². The first-order valence-electron chi connectivity index (χ1n) is 6.48. The van der Waals surface area contributed by atoms with E-state index in [-0.39, 0.29) is 6.61 Å². The van der Waals surface area contributed by atoms with Crippen molar-refractivity contribution in [2.24, 2.45) is 0 Å². The molecule has 2 aromatic carbocycles. The van der Waals surface area contributed by atoms with Gasteiger partial charge in [-0.25, -0.2) is 0 Å². The van der Waals surface area contributed by atoms with Crippen LogP contribution in [-0.4, -0.2) is 25.6 Å². The van der Waals surface area contributed by atoms with Gasteiger partial charge in [-0.1, -0.05) is 46.4 Å². The van der Waals surface area contributed by atoms with Crippen molar-refractivity contribution in [1.29, 1.82) is 0 Å². The molecule has 4 nitrogen and oxygen atoms in total. The summed E-state index contributed by atoms with van der Waals surface area (Å²) >= 11 is 23.0. The Morgan fingerprint density at radius 1 is 0.875 bits per heavy atom. The molecule has 0 bridgehead atoms. The maximum Gasteiger partial charge on any atom is 0.153 e. The summed E-state index contributed by atoms with van der Waals surface area (Å²) in [4.78, 5) is 10.4. The number of ether oxygens (including phenoxy) is 2. The molecule has 0 saturated carbocycles. The molecule has 0 atom stereocenters. The van der Waals surface area contributed by atoms with E-state index < -0.39 is 0 Å². The number of aliphatic hydroxyl groups is 1. The minimum atomic E-state index is -0.165. The van der Waals surface area contributed by atoms with E-state index in [2.05, 4.69) is 0 Å². The molecule has 0 radical (unpaired) electrons. The number of carbonyl (C=O) groups excluding carboxylic acids is 1. The Morgan fingerprint density at radius 2 is 1.25 bits per heavy atom. The number of aldehydes is 1. The van der Waals surface area contributed by atoms with Gasteiger partial charge in [0.15, 0.2) is 6.29 Å². The lowest BCUT2D eigenvalue weighted by Gasteiger charge is -2.06. The first kappa shape index (κ1) is 20.9. The lowest BCUT2D eigenvalue weighted by Crippen LogP contribution is -1.89. The van der Waals surface area contributed by atoms with Crippen LogP contribution in [0.4, 0.5) is 0 Å². The van der Waals surface area contributed by atoms with Crippen LogP contribution in [0.15, 0.2) is 24.3 Å². The summed E-state index contributed by atoms with van der Waals surface area (Å²) in [5, 5.41) is 10.3. The van der Waals surface area contributed by atoms with Gasteiger partial charge in [-0.15, -0.1) is 0 Å². The molecular weight excluding hydrogens is 398 g/mol. The van der Waals surface area contributed by atoms with Crippen LogP contribution in [0.2, 0.25) is 20.1 Å². The summed E-state index contributed by atoms with van der Waals surface area (Å²) in [7, 11) is 3.03. The Hall–Kier alpha value is -1.17. The van der Waals surface area contributed by atoms with Gasteiger partial charge in [0.05, 0.1) is 46.5 Å². The molecule has 130 valence electrons. The summed E-state index contributed by atoms with van der Waals surface area (Å²) in [6.45, 7) is -0.165. The molecule has 0 fully saturated rings. The Bertz CT molecular complexity index is 673. The zero-order valence-corrected chi connectivity index (χ0v) is 15.8. The van der Waals surface area contributed by atoms with Crippen LogP contribution in [0, 0.1) is 0 Å². The number of aliphatic hydroxyl groups excluding tert-OH is 1. The van der Waals surface area contributed by atoms with Gasteiger partial charge in [-0.05, 0) is 24.3 Å². The molecule has 0 unspecified atom stereocenters. The van der Waals surface area contributed by atoms with Crippen molar-refractivity contribution in [3.63, 3.8) is 0 Å². The summed E-state index contributed by atoms with van der Waals surface area (Å²) in [5.74, 6) is 1.12. The third-order valence-corrected chi connectivity index (χ3v) is 4.21. The van der Waals surface area contributed by atoms with Gasteiger partial charge < -0.3 is 14.6 Å². The molecule has 0 saturated heterocycles. The fourth-order valence-corrected chi connectivity index (χ4v) is 2.78. The predicted molar refractivity (Wildman–Crippen MR) is 97.3 cm³/mol. The highest BCUT2D eigenvalue weighted by molar-refractivity contribution is 6.38. The number of rotatable bonds is 4. The van der Waals surface area contributed by atoms with E-state index in [1.165, 1.54) is 26.4 Å². The van der Waals surface area contributed by atoms with Gasteiger partial charge in [-0.2, -0.15) is 0 Å². The van der Waals surface area contributed by atoms with Gasteiger partial charge in [0, 0.05) is 5.56 Å². The standard InChI is InChI=1S/C8H8Cl2O2.C8H6Cl2O2/c2*1-12-5-2-7(9)6(4-11)8(10)3-5/h2-3,11H,4H2,1H3;2-4H,1H3. The molecule has 2 rings (SSSR count). The Morgan fingerprint density at radius 3 is 1.54 bits per heavy atom. The quantitative estimate of drug-likeness (QED) is 0.692. The molecule has 2 aromatic rings. The molecular formula is C16H14Cl4O4. The second kappa shape index (κ2) is 9.97. The largest absolute Gasteiger partial charge is 0.497 e. The van der Waals surface area contributed by atoms with E-state index in [1.807, 2.05) is 0 Å². The zero-order chi connectivity index (χ0) is 18.3. The van der Waals surface area contributed by atoms with Crippen molar-refractivity contribution in [3.05, 3.63) is 55.5 Å². The van der Waals surface area contributed by atoms with Gasteiger partial charge >= 0.3 is 0 Å². The van der Waals surface area contributed by atoms with Crippen molar-refractivity contribution < 1.29 is 19.4 Å². The monoisotopic (exact) mass is 410 g/mol. The number of benzene rings is 2. The fourth-order valence-electron chi connectivity index (χ4n) is 1.64. The van der Waals surface area contributed by atoms with E-state index in [0.717, 1.165) is 0 Å². The lowest BCUT2D eigenvalue weighted by molar-refractivity contribution is 0.112. The van der Waals surface area contributed by atoms with E-state index in [9.17, 15) is 4.79 Å². The van der Waals surface area contributed by atoms with Crippen LogP contribution < -0.4 is 9.47 Å². The SMILES string of the molecule is COc1cc(Cl)c(C=O)c(Cl)c1.COc1cc(Cl)c(CO)c(Cl)c1. The van der Waals surface area contributed by atoms with Crippen molar-refractivity contribution in [2.75, 3.05) is 14.2 Å². The third-order valence-electron chi connectivity index (χ3n) is 2.91. The van der Waals surface area contributed by atoms with Gasteiger partial charge in [0.2, 0.25) is 0 Å². The van der Waals surface area contributed by atoms with Crippen LogP contribution in [0.5, 0.6) is 11.5 Å². The van der Waals surface area contributed by atoms with Crippen LogP contribution >= 0.6 is 46.4 Å². The van der Waals surface area contributed by atoms with Crippen LogP contribution in [0.3, 0.4) is 0 Å². The summed E-state index contributed by atoms with van der Waals surface area (Å²) in [5.41, 5.74) is 0.818. The van der Waals surface area contributed by atoms with Crippen LogP contribution in [0.25, 0.3) is 0 Å². The Kier molecular flexibility index (Phi) is 8.67. The molecule has 0 aliphatic heterocycles. The van der Waals surface area contributed by atoms with Crippen molar-refractivity contribution in [3.8, 4) is 11.5 Å². The number of halogens is 4. The second-order valence-electron chi connectivity index (χ2n) is 4.35. The third kappa shape index (κ3) is 5.43. The summed E-state index contributed by atoms with van der Waals surface area (Å²) in [6, 6.07) is 6.30. The van der Waals surface area contributed by atoms with E-state index in [4.69, 9.17) is 61.0 Å². The maximum absolute atomic E-state index is 10.4. The number of hydrogen-bond donors (Lipinski definition) is 1. The molecule has 0 heterocycles. The molecule has 0 aromatic heterocycles. The maximum atomic E-state index is 10.4. The normalized spacial score (nSPS) is 9.79. The van der Waals surface area contributed by atoms with Gasteiger partial charge in [0.1, 0.15) is 11.5 Å². The smallest absolute Gasteiger partial charge is 0.153 e. The molecule has 0 amide bonds. The number of carbonyl (C=O) groups is 1. The minimum absolute atomic E-state index is 0.165. The fraction of sp³-hybridized carbons (Fsp3) is 0.188. The highest BCUT2D eigenvalue weighted by Gasteiger charge is 2.07. The van der Waals surface area contributed by atoms with Crippen LogP contribution in [0.1, 0.15) is 15.9 Å². The minimum Gasteiger partial charge on any atom is -0.497 e. The van der Waals surface area contributed by atoms with E-state index in [1.54, 1.807) is 12.1 Å². The van der Waals surface area contributed by atoms with Gasteiger partial charge in [-0.3, -0.25) is 4.79 Å². The predicted octanol–water partition coefficient (Wildman–Crippen LogP) is 5.31. The molecule has 0 aliphatic carbocycles. The van der Waals surface area contributed by atoms with E-state index >= 15 is 0 Å². The average molecular weight is 412 g/mol. The molecule has 8 heteroatoms. The number of hydrogen-bond acceptors (Lipinski definition) is 4. The molecule has 1 N–H and O–H groups in total. The first-order valence-corrected chi connectivity index (χ1v) is 8.00. The number of methoxy groups -OCH3 is 2. The summed E-state index contributed by atoms with van der Waals surface area (Å²) in [6.07, 6.45) is 0.615. The highest BCUT2D eigenvalue weighted by atomic mass is 35.5. The highest BCUT2D eigenvalue weighted by Crippen LogP contribution is 2.30. The first-order chi connectivity index (χ1) is 11.4. The van der Waals surface area contributed by atoms with E-state index in [0.29, 0.717) is 49.0 Å². The van der Waals surface area contributed by atoms with Gasteiger partial charge in [0.25, 0.3) is 0 Å². The van der Waals surface area contributed by atoms with Crippen molar-refractivity contribution in [1.82, 2.24) is 0 Å². The molecule has 0 aliphatic rings. The second-order valence-corrected chi connectivity index (χ2v) is 5.98. The Labute approximate surface area is 159 Å². The lowest BCUT2D eigenvalue weighted by atomic mass is 10.2. The summed E-state index contributed by atoms with van der Waals surface area (Å²) < 4.78 is 9.82. The zero-order valence-electron chi connectivity index (χ0n) is 12.8. The molecule has 0 spiro atoms. The molecule has 24 heavy (non-hydrogen) atoms.